The molecule has 3 rings (SSSR count). The molecule has 21 heavy (non-hydrogen) atoms. The van der Waals surface area contributed by atoms with Gasteiger partial charge in [-0.25, -0.2) is 0 Å². The Hall–Kier alpha value is -0.930. The lowest BCUT2D eigenvalue weighted by Crippen LogP contribution is -2.21. The van der Waals surface area contributed by atoms with E-state index in [1.165, 1.54) is 0 Å². The lowest BCUT2D eigenvalue weighted by atomic mass is 10.0. The molecule has 2 aliphatic rings. The van der Waals surface area contributed by atoms with Crippen LogP contribution in [-0.4, -0.2) is 19.3 Å². The molecule has 1 fully saturated rings. The Bertz CT molecular complexity index is 540. The Kier molecular flexibility index (Phi) is 3.61. The molecule has 0 spiro atoms. The van der Waals surface area contributed by atoms with Crippen LogP contribution < -0.4 is 14.8 Å². The van der Waals surface area contributed by atoms with E-state index in [9.17, 15) is 0 Å². The molecule has 116 valence electrons. The maximum absolute atomic E-state index is 6.33. The molecule has 4 heteroatoms. The summed E-state index contributed by atoms with van der Waals surface area (Å²) in [6, 6.07) is 4.55. The Labute approximate surface area is 132 Å². The van der Waals surface area contributed by atoms with Crippen molar-refractivity contribution in [2.75, 3.05) is 13.2 Å². The number of hydrogen-bond donors (Lipinski definition) is 1. The summed E-state index contributed by atoms with van der Waals surface area (Å²) in [4.78, 5) is 0. The minimum atomic E-state index is 0.335. The molecule has 1 aromatic carbocycles. The molecule has 0 unspecified atom stereocenters. The summed E-state index contributed by atoms with van der Waals surface area (Å²) in [7, 11) is 0. The third kappa shape index (κ3) is 2.51. The average molecular weight is 310 g/mol. The van der Waals surface area contributed by atoms with Gasteiger partial charge in [0.25, 0.3) is 0 Å². The monoisotopic (exact) mass is 309 g/mol. The van der Waals surface area contributed by atoms with Gasteiger partial charge in [0.2, 0.25) is 0 Å². The van der Waals surface area contributed by atoms with Crippen LogP contribution in [0.1, 0.15) is 39.7 Å². The second kappa shape index (κ2) is 5.06. The van der Waals surface area contributed by atoms with Crippen molar-refractivity contribution in [2.24, 2.45) is 10.8 Å². The molecule has 1 aromatic rings. The highest BCUT2D eigenvalue weighted by molar-refractivity contribution is 6.32. The van der Waals surface area contributed by atoms with E-state index >= 15 is 0 Å². The molecule has 0 saturated heterocycles. The van der Waals surface area contributed by atoms with Gasteiger partial charge in [-0.3, -0.25) is 0 Å². The predicted octanol–water partition coefficient (Wildman–Crippen LogP) is 4.03. The van der Waals surface area contributed by atoms with Crippen molar-refractivity contribution in [2.45, 2.75) is 46.7 Å². The van der Waals surface area contributed by atoms with Crippen LogP contribution in [0.25, 0.3) is 0 Å². The number of nitrogens with one attached hydrogen (secondary N) is 1. The molecule has 0 amide bonds. The van der Waals surface area contributed by atoms with Crippen molar-refractivity contribution in [1.29, 1.82) is 0 Å². The van der Waals surface area contributed by atoms with E-state index in [0.717, 1.165) is 24.3 Å². The van der Waals surface area contributed by atoms with Crippen molar-refractivity contribution in [1.82, 2.24) is 5.32 Å². The van der Waals surface area contributed by atoms with Crippen LogP contribution in [0.5, 0.6) is 11.5 Å². The van der Waals surface area contributed by atoms with Gasteiger partial charge in [-0.05, 0) is 28.5 Å². The zero-order valence-corrected chi connectivity index (χ0v) is 14.0. The highest BCUT2D eigenvalue weighted by Crippen LogP contribution is 2.62. The highest BCUT2D eigenvalue weighted by Gasteiger charge is 2.64. The largest absolute Gasteiger partial charge is 0.489 e. The van der Waals surface area contributed by atoms with Crippen LogP contribution in [-0.2, 0) is 6.54 Å². The van der Waals surface area contributed by atoms with Crippen molar-refractivity contribution in [3.8, 4) is 11.5 Å². The van der Waals surface area contributed by atoms with E-state index in [-0.39, 0.29) is 0 Å². The smallest absolute Gasteiger partial charge is 0.179 e. The van der Waals surface area contributed by atoms with E-state index in [1.54, 1.807) is 0 Å². The topological polar surface area (TPSA) is 30.5 Å². The summed E-state index contributed by atoms with van der Waals surface area (Å²) in [6.45, 7) is 11.4. The van der Waals surface area contributed by atoms with Gasteiger partial charge in [0.1, 0.15) is 0 Å². The van der Waals surface area contributed by atoms with Crippen LogP contribution in [0.2, 0.25) is 5.02 Å². The Balaban J connectivity index is 1.73. The predicted molar refractivity (Wildman–Crippen MR) is 85.2 cm³/mol. The SMILES string of the molecule is CC1(C)C(NCc2cc(Cl)c3c(c2)OCCCO3)C1(C)C. The number of rotatable bonds is 3. The fraction of sp³-hybridized carbons (Fsp3) is 0.647. The van der Waals surface area contributed by atoms with Crippen LogP contribution in [0.4, 0.5) is 0 Å². The maximum Gasteiger partial charge on any atom is 0.179 e. The summed E-state index contributed by atoms with van der Waals surface area (Å²) in [5.74, 6) is 1.45. The molecule has 0 radical (unpaired) electrons. The third-order valence-corrected chi connectivity index (χ3v) is 5.67. The summed E-state index contributed by atoms with van der Waals surface area (Å²) in [5.41, 5.74) is 1.81. The van der Waals surface area contributed by atoms with Gasteiger partial charge < -0.3 is 14.8 Å². The van der Waals surface area contributed by atoms with Gasteiger partial charge in [-0.2, -0.15) is 0 Å². The molecule has 0 atom stereocenters. The molecule has 0 aromatic heterocycles. The Morgan fingerprint density at radius 3 is 2.48 bits per heavy atom. The first-order chi connectivity index (χ1) is 9.84. The number of fused-ring (bicyclic) bond motifs is 1. The molecule has 1 N–H and O–H groups in total. The first-order valence-corrected chi connectivity index (χ1v) is 8.03. The van der Waals surface area contributed by atoms with Crippen molar-refractivity contribution >= 4 is 11.6 Å². The molecular formula is C17H24ClNO2. The van der Waals surface area contributed by atoms with Gasteiger partial charge in [0.15, 0.2) is 11.5 Å². The van der Waals surface area contributed by atoms with E-state index in [1.807, 2.05) is 12.1 Å². The van der Waals surface area contributed by atoms with Gasteiger partial charge in [-0.1, -0.05) is 39.3 Å². The minimum Gasteiger partial charge on any atom is -0.489 e. The molecule has 1 aliphatic heterocycles. The standard InChI is InChI=1S/C17H24ClNO2/c1-16(2)15(17(16,3)4)19-10-11-8-12(18)14-13(9-11)20-6-5-7-21-14/h8-9,15,19H,5-7,10H2,1-4H3. The highest BCUT2D eigenvalue weighted by atomic mass is 35.5. The van der Waals surface area contributed by atoms with E-state index in [0.29, 0.717) is 40.9 Å². The lowest BCUT2D eigenvalue weighted by Gasteiger charge is -2.13. The molecule has 3 nitrogen and oxygen atoms in total. The van der Waals surface area contributed by atoms with E-state index in [2.05, 4.69) is 33.0 Å². The first-order valence-electron chi connectivity index (χ1n) is 7.65. The van der Waals surface area contributed by atoms with Crippen LogP contribution >= 0.6 is 11.6 Å². The second-order valence-electron chi connectivity index (χ2n) is 7.21. The first kappa shape index (κ1) is 15.0. The zero-order chi connectivity index (χ0) is 15.3. The number of halogens is 1. The van der Waals surface area contributed by atoms with Crippen LogP contribution in [0, 0.1) is 10.8 Å². The van der Waals surface area contributed by atoms with Crippen molar-refractivity contribution < 1.29 is 9.47 Å². The molecule has 1 aliphatic carbocycles. The summed E-state index contributed by atoms with van der Waals surface area (Å²) in [5, 5.41) is 4.29. The number of benzene rings is 1. The summed E-state index contributed by atoms with van der Waals surface area (Å²) >= 11 is 6.33. The second-order valence-corrected chi connectivity index (χ2v) is 7.62. The summed E-state index contributed by atoms with van der Waals surface area (Å²) in [6.07, 6.45) is 0.892. The fourth-order valence-electron chi connectivity index (χ4n) is 3.31. The fourth-order valence-corrected chi connectivity index (χ4v) is 3.60. The third-order valence-electron chi connectivity index (χ3n) is 5.39. The quantitative estimate of drug-likeness (QED) is 0.914. The average Bonchev–Trinajstić information content (AvgIpc) is 2.92. The van der Waals surface area contributed by atoms with Crippen LogP contribution in [0.15, 0.2) is 12.1 Å². The Morgan fingerprint density at radius 2 is 1.81 bits per heavy atom. The lowest BCUT2D eigenvalue weighted by molar-refractivity contribution is 0.297. The van der Waals surface area contributed by atoms with Crippen molar-refractivity contribution in [3.63, 3.8) is 0 Å². The maximum atomic E-state index is 6.33. The van der Waals surface area contributed by atoms with Gasteiger partial charge in [-0.15, -0.1) is 0 Å². The molecule has 1 saturated carbocycles. The number of ether oxygens (including phenoxy) is 2. The Morgan fingerprint density at radius 1 is 1.14 bits per heavy atom. The molecule has 0 bridgehead atoms. The van der Waals surface area contributed by atoms with E-state index < -0.39 is 0 Å². The number of hydrogen-bond acceptors (Lipinski definition) is 3. The zero-order valence-electron chi connectivity index (χ0n) is 13.3. The minimum absolute atomic E-state index is 0.335. The molecule has 1 heterocycles. The van der Waals surface area contributed by atoms with E-state index in [4.69, 9.17) is 21.1 Å². The summed E-state index contributed by atoms with van der Waals surface area (Å²) < 4.78 is 11.4. The van der Waals surface area contributed by atoms with Gasteiger partial charge >= 0.3 is 0 Å². The van der Waals surface area contributed by atoms with Gasteiger partial charge in [0.05, 0.1) is 18.2 Å². The normalized spacial score (nSPS) is 22.7. The molecular weight excluding hydrogens is 286 g/mol. The van der Waals surface area contributed by atoms with Crippen LogP contribution in [0.3, 0.4) is 0 Å². The van der Waals surface area contributed by atoms with Gasteiger partial charge in [0, 0.05) is 19.0 Å². The van der Waals surface area contributed by atoms with Crippen molar-refractivity contribution in [3.05, 3.63) is 22.7 Å².